The van der Waals surface area contributed by atoms with Gasteiger partial charge in [-0.15, -0.1) is 0 Å². The smallest absolute Gasteiger partial charge is 0.237 e. The summed E-state index contributed by atoms with van der Waals surface area (Å²) in [5.41, 5.74) is -0.613. The summed E-state index contributed by atoms with van der Waals surface area (Å²) in [6, 6.07) is 2.43. The number of likely N-dealkylation sites (tertiary alicyclic amines) is 2. The minimum Gasteiger partial charge on any atom is -0.342 e. The Kier molecular flexibility index (Phi) is 6.75. The van der Waals surface area contributed by atoms with Crippen LogP contribution in [0, 0.1) is 17.2 Å². The fourth-order valence-electron chi connectivity index (χ4n) is 4.91. The fourth-order valence-corrected chi connectivity index (χ4v) is 4.91. The normalized spacial score (nSPS) is 24.2. The Hall–Kier alpha value is -1.61. The number of likely N-dealkylation sites (N-methyl/N-ethyl adjacent to an activating group) is 1. The summed E-state index contributed by atoms with van der Waals surface area (Å²) < 4.78 is 0. The zero-order valence-electron chi connectivity index (χ0n) is 16.8. The van der Waals surface area contributed by atoms with Crippen LogP contribution < -0.4 is 0 Å². The van der Waals surface area contributed by atoms with E-state index in [1.807, 2.05) is 4.90 Å². The molecule has 0 spiro atoms. The predicted molar refractivity (Wildman–Crippen MR) is 104 cm³/mol. The highest BCUT2D eigenvalue weighted by atomic mass is 16.2. The van der Waals surface area contributed by atoms with Gasteiger partial charge in [-0.3, -0.25) is 14.5 Å². The van der Waals surface area contributed by atoms with Crippen molar-refractivity contribution in [3.63, 3.8) is 0 Å². The van der Waals surface area contributed by atoms with Gasteiger partial charge in [-0.1, -0.05) is 19.3 Å². The van der Waals surface area contributed by atoms with Crippen molar-refractivity contribution in [3.8, 4) is 6.07 Å². The number of nitrogens with zero attached hydrogens (tertiary/aromatic N) is 4. The monoisotopic (exact) mass is 374 g/mol. The average Bonchev–Trinajstić information content (AvgIpc) is 2.74. The van der Waals surface area contributed by atoms with E-state index in [4.69, 9.17) is 0 Å². The highest BCUT2D eigenvalue weighted by molar-refractivity contribution is 5.80. The number of rotatable bonds is 4. The van der Waals surface area contributed by atoms with Gasteiger partial charge in [0.1, 0.15) is 5.54 Å². The van der Waals surface area contributed by atoms with Gasteiger partial charge in [0, 0.05) is 26.1 Å². The second-order valence-electron chi connectivity index (χ2n) is 8.59. The maximum absolute atomic E-state index is 12.8. The molecule has 6 nitrogen and oxygen atoms in total. The Morgan fingerprint density at radius 3 is 2.19 bits per heavy atom. The number of hydrogen-bond acceptors (Lipinski definition) is 4. The van der Waals surface area contributed by atoms with Crippen LogP contribution in [0.2, 0.25) is 0 Å². The predicted octanol–water partition coefficient (Wildman–Crippen LogP) is 2.40. The Labute approximate surface area is 163 Å². The van der Waals surface area contributed by atoms with E-state index >= 15 is 0 Å². The van der Waals surface area contributed by atoms with Gasteiger partial charge in [0.2, 0.25) is 11.8 Å². The maximum atomic E-state index is 12.8. The van der Waals surface area contributed by atoms with Crippen molar-refractivity contribution < 1.29 is 9.59 Å². The molecule has 1 aliphatic carbocycles. The van der Waals surface area contributed by atoms with E-state index in [0.29, 0.717) is 12.5 Å². The molecule has 2 amide bonds. The molecule has 3 aliphatic rings. The van der Waals surface area contributed by atoms with Crippen LogP contribution in [0.1, 0.15) is 64.2 Å². The Balaban J connectivity index is 1.47. The topological polar surface area (TPSA) is 67.7 Å². The van der Waals surface area contributed by atoms with E-state index in [0.717, 1.165) is 84.0 Å². The summed E-state index contributed by atoms with van der Waals surface area (Å²) in [6.45, 7) is 3.79. The number of hydrogen-bond donors (Lipinski definition) is 0. The number of nitriles is 1. The third kappa shape index (κ3) is 4.63. The molecule has 0 unspecified atom stereocenters. The van der Waals surface area contributed by atoms with Gasteiger partial charge in [0.05, 0.1) is 12.6 Å². The molecule has 27 heavy (non-hydrogen) atoms. The minimum absolute atomic E-state index is 0.0410. The second-order valence-corrected chi connectivity index (χ2v) is 8.59. The van der Waals surface area contributed by atoms with Gasteiger partial charge in [0.25, 0.3) is 0 Å². The third-order valence-electron chi connectivity index (χ3n) is 6.87. The van der Waals surface area contributed by atoms with Crippen LogP contribution in [-0.2, 0) is 9.59 Å². The van der Waals surface area contributed by atoms with Crippen LogP contribution in [-0.4, -0.2) is 71.8 Å². The first-order valence-corrected chi connectivity index (χ1v) is 10.7. The molecule has 0 atom stereocenters. The first-order valence-electron chi connectivity index (χ1n) is 10.7. The molecule has 0 bridgehead atoms. The van der Waals surface area contributed by atoms with Gasteiger partial charge in [0.15, 0.2) is 0 Å². The highest BCUT2D eigenvalue weighted by Crippen LogP contribution is 2.32. The molecule has 0 aromatic carbocycles. The number of carbonyl (C=O) groups excluding carboxylic acids is 2. The summed E-state index contributed by atoms with van der Waals surface area (Å²) in [5.74, 6) is 0.485. The van der Waals surface area contributed by atoms with Crippen molar-refractivity contribution in [1.82, 2.24) is 14.7 Å². The number of amides is 2. The van der Waals surface area contributed by atoms with E-state index < -0.39 is 5.54 Å². The molecule has 2 saturated heterocycles. The molecular weight excluding hydrogens is 340 g/mol. The lowest BCUT2D eigenvalue weighted by molar-refractivity contribution is -0.139. The van der Waals surface area contributed by atoms with Gasteiger partial charge in [-0.05, 0) is 58.0 Å². The zero-order valence-corrected chi connectivity index (χ0v) is 16.8. The summed E-state index contributed by atoms with van der Waals surface area (Å²) >= 11 is 0. The Morgan fingerprint density at radius 1 is 1.00 bits per heavy atom. The summed E-state index contributed by atoms with van der Waals surface area (Å²) in [7, 11) is 1.80. The van der Waals surface area contributed by atoms with Crippen molar-refractivity contribution in [2.24, 2.45) is 5.92 Å². The molecule has 0 radical (unpaired) electrons. The van der Waals surface area contributed by atoms with E-state index in [-0.39, 0.29) is 11.8 Å². The lowest BCUT2D eigenvalue weighted by atomic mass is 9.81. The summed E-state index contributed by atoms with van der Waals surface area (Å²) in [6.07, 6.45) is 9.97. The molecule has 0 aromatic heterocycles. The molecule has 0 N–H and O–H groups in total. The molecule has 150 valence electrons. The largest absolute Gasteiger partial charge is 0.342 e. The average molecular weight is 375 g/mol. The molecule has 0 aromatic rings. The van der Waals surface area contributed by atoms with Gasteiger partial charge in [-0.25, -0.2) is 0 Å². The highest BCUT2D eigenvalue weighted by Gasteiger charge is 2.39. The maximum Gasteiger partial charge on any atom is 0.237 e. The van der Waals surface area contributed by atoms with Crippen molar-refractivity contribution in [2.75, 3.05) is 39.8 Å². The SMILES string of the molecule is CN(C(=O)CN1CCC(C(=O)N2CCCCC2)CC1)C1(C#N)CCCCC1. The van der Waals surface area contributed by atoms with Crippen LogP contribution in [0.4, 0.5) is 0 Å². The molecule has 2 heterocycles. The van der Waals surface area contributed by atoms with Crippen molar-refractivity contribution in [3.05, 3.63) is 0 Å². The van der Waals surface area contributed by atoms with E-state index in [1.54, 1.807) is 11.9 Å². The van der Waals surface area contributed by atoms with Gasteiger partial charge >= 0.3 is 0 Å². The standard InChI is InChI=1S/C21H34N4O2/c1-23(21(17-22)10-4-2-5-11-21)19(26)16-24-14-8-18(9-15-24)20(27)25-12-6-3-7-13-25/h18H,2-16H2,1H3. The van der Waals surface area contributed by atoms with Crippen LogP contribution in [0.5, 0.6) is 0 Å². The number of piperidine rings is 2. The third-order valence-corrected chi connectivity index (χ3v) is 6.87. The van der Waals surface area contributed by atoms with Gasteiger partial charge in [-0.2, -0.15) is 5.26 Å². The Bertz CT molecular complexity index is 565. The molecular formula is C21H34N4O2. The number of carbonyl (C=O) groups is 2. The van der Waals surface area contributed by atoms with Crippen molar-refractivity contribution >= 4 is 11.8 Å². The molecule has 2 aliphatic heterocycles. The molecule has 3 rings (SSSR count). The van der Waals surface area contributed by atoms with Crippen molar-refractivity contribution in [2.45, 2.75) is 69.7 Å². The van der Waals surface area contributed by atoms with Crippen molar-refractivity contribution in [1.29, 1.82) is 5.26 Å². The van der Waals surface area contributed by atoms with E-state index in [1.165, 1.54) is 6.42 Å². The van der Waals surface area contributed by atoms with Gasteiger partial charge < -0.3 is 9.80 Å². The molecule has 6 heteroatoms. The summed E-state index contributed by atoms with van der Waals surface area (Å²) in [5, 5.41) is 9.69. The summed E-state index contributed by atoms with van der Waals surface area (Å²) in [4.78, 5) is 31.4. The lowest BCUT2D eigenvalue weighted by Crippen LogP contribution is -2.53. The molecule has 3 fully saturated rings. The second kappa shape index (κ2) is 9.05. The van der Waals surface area contributed by atoms with Crippen LogP contribution >= 0.6 is 0 Å². The Morgan fingerprint density at radius 2 is 1.59 bits per heavy atom. The molecule has 1 saturated carbocycles. The van der Waals surface area contributed by atoms with Crippen LogP contribution in [0.3, 0.4) is 0 Å². The quantitative estimate of drug-likeness (QED) is 0.758. The lowest BCUT2D eigenvalue weighted by Gasteiger charge is -2.40. The van der Waals surface area contributed by atoms with Crippen LogP contribution in [0.25, 0.3) is 0 Å². The van der Waals surface area contributed by atoms with Crippen LogP contribution in [0.15, 0.2) is 0 Å². The van der Waals surface area contributed by atoms with E-state index in [2.05, 4.69) is 11.0 Å². The fraction of sp³-hybridized carbons (Fsp3) is 0.857. The van der Waals surface area contributed by atoms with E-state index in [9.17, 15) is 14.9 Å². The first kappa shape index (κ1) is 20.1. The zero-order chi connectivity index (χ0) is 19.3. The first-order chi connectivity index (χ1) is 13.1. The minimum atomic E-state index is -0.613.